The zero-order valence-electron chi connectivity index (χ0n) is 19.9. The minimum absolute atomic E-state index is 0.0646. The number of hydrogen-bond acceptors (Lipinski definition) is 7. The van der Waals surface area contributed by atoms with E-state index in [4.69, 9.17) is 10.5 Å². The monoisotopic (exact) mass is 444 g/mol. The molecular weight excluding hydrogens is 404 g/mol. The number of esters is 1. The van der Waals surface area contributed by atoms with Crippen molar-refractivity contribution >= 4 is 23.7 Å². The molecule has 0 saturated heterocycles. The third kappa shape index (κ3) is 9.65. The van der Waals surface area contributed by atoms with Crippen LogP contribution in [0.4, 0.5) is 0 Å². The molecule has 0 aliphatic rings. The fraction of sp³-hybridized carbons (Fsp3) is 0.810. The third-order valence-electron chi connectivity index (χ3n) is 4.83. The summed E-state index contributed by atoms with van der Waals surface area (Å²) in [4.78, 5) is 50.0. The molecule has 31 heavy (non-hydrogen) atoms. The maximum atomic E-state index is 12.9. The van der Waals surface area contributed by atoms with E-state index in [1.165, 1.54) is 14.0 Å². The van der Waals surface area contributed by atoms with Crippen LogP contribution in [0.1, 0.15) is 54.9 Å². The Bertz CT molecular complexity index is 621. The lowest BCUT2D eigenvalue weighted by Gasteiger charge is -2.28. The van der Waals surface area contributed by atoms with Gasteiger partial charge in [-0.3, -0.25) is 14.4 Å². The van der Waals surface area contributed by atoms with E-state index in [-0.39, 0.29) is 17.8 Å². The summed E-state index contributed by atoms with van der Waals surface area (Å²) in [6, 6.07) is -3.91. The van der Waals surface area contributed by atoms with Gasteiger partial charge in [-0.2, -0.15) is 0 Å². The number of carbonyl (C=O) groups excluding carboxylic acids is 4. The van der Waals surface area contributed by atoms with E-state index in [2.05, 4.69) is 16.0 Å². The van der Waals surface area contributed by atoms with Gasteiger partial charge in [-0.1, -0.05) is 41.5 Å². The van der Waals surface area contributed by atoms with Gasteiger partial charge in [0, 0.05) is 0 Å². The molecule has 0 spiro atoms. The molecule has 5 atom stereocenters. The summed E-state index contributed by atoms with van der Waals surface area (Å²) in [5, 5.41) is 17.4. The van der Waals surface area contributed by atoms with Crippen molar-refractivity contribution in [1.82, 2.24) is 16.0 Å². The van der Waals surface area contributed by atoms with E-state index in [9.17, 15) is 24.3 Å². The average Bonchev–Trinajstić information content (AvgIpc) is 2.66. The zero-order chi connectivity index (χ0) is 24.5. The van der Waals surface area contributed by atoms with Crippen LogP contribution in [0.5, 0.6) is 0 Å². The second kappa shape index (κ2) is 13.3. The Morgan fingerprint density at radius 3 is 1.68 bits per heavy atom. The molecule has 0 bridgehead atoms. The topological polar surface area (TPSA) is 160 Å². The van der Waals surface area contributed by atoms with Gasteiger partial charge in [-0.05, 0) is 31.1 Å². The lowest BCUT2D eigenvalue weighted by Crippen LogP contribution is -2.59. The molecule has 0 aliphatic heterocycles. The molecule has 0 radical (unpaired) electrons. The Kier molecular flexibility index (Phi) is 12.3. The normalized spacial score (nSPS) is 16.3. The highest BCUT2D eigenvalue weighted by Crippen LogP contribution is 2.10. The number of amides is 3. The first kappa shape index (κ1) is 28.8. The highest BCUT2D eigenvalue weighted by Gasteiger charge is 2.33. The van der Waals surface area contributed by atoms with Crippen LogP contribution in [0.15, 0.2) is 0 Å². The Labute approximate surface area is 185 Å². The Morgan fingerprint density at radius 1 is 0.806 bits per heavy atom. The number of ether oxygens (including phenoxy) is 1. The van der Waals surface area contributed by atoms with Crippen LogP contribution in [0, 0.1) is 17.8 Å². The van der Waals surface area contributed by atoms with E-state index >= 15 is 0 Å². The molecule has 0 saturated carbocycles. The third-order valence-corrected chi connectivity index (χ3v) is 4.83. The van der Waals surface area contributed by atoms with Crippen molar-refractivity contribution in [2.45, 2.75) is 85.2 Å². The summed E-state index contributed by atoms with van der Waals surface area (Å²) in [5.74, 6) is -2.74. The molecule has 0 aromatic carbocycles. The van der Waals surface area contributed by atoms with Crippen LogP contribution in [0.3, 0.4) is 0 Å². The fourth-order valence-corrected chi connectivity index (χ4v) is 2.85. The number of rotatable bonds is 12. The molecular formula is C21H40N4O6. The van der Waals surface area contributed by atoms with E-state index in [0.717, 1.165) is 0 Å². The van der Waals surface area contributed by atoms with Crippen LogP contribution in [-0.4, -0.2) is 66.2 Å². The molecule has 0 aromatic rings. The molecule has 0 fully saturated rings. The number of methoxy groups -OCH3 is 1. The maximum absolute atomic E-state index is 12.9. The molecule has 0 aliphatic carbocycles. The quantitative estimate of drug-likeness (QED) is 0.258. The molecule has 3 amide bonds. The summed E-state index contributed by atoms with van der Waals surface area (Å²) < 4.78 is 4.74. The summed E-state index contributed by atoms with van der Waals surface area (Å²) in [6.45, 7) is 12.2. The smallest absolute Gasteiger partial charge is 0.328 e. The molecule has 0 rings (SSSR count). The first-order valence-corrected chi connectivity index (χ1v) is 10.6. The van der Waals surface area contributed by atoms with Crippen LogP contribution in [0.25, 0.3) is 0 Å². The first-order valence-electron chi connectivity index (χ1n) is 10.6. The van der Waals surface area contributed by atoms with Crippen LogP contribution < -0.4 is 21.7 Å². The molecule has 0 heterocycles. The average molecular weight is 445 g/mol. The van der Waals surface area contributed by atoms with E-state index in [1.54, 1.807) is 27.7 Å². The molecule has 10 nitrogen and oxygen atoms in total. The molecule has 6 N–H and O–H groups in total. The molecule has 0 aromatic heterocycles. The summed E-state index contributed by atoms with van der Waals surface area (Å²) in [5.41, 5.74) is 5.66. The van der Waals surface area contributed by atoms with Crippen molar-refractivity contribution in [3.8, 4) is 0 Å². The summed E-state index contributed by atoms with van der Waals surface area (Å²) in [6.07, 6.45) is -0.768. The fourth-order valence-electron chi connectivity index (χ4n) is 2.85. The second-order valence-electron chi connectivity index (χ2n) is 8.94. The number of nitrogens with two attached hydrogens (primary N) is 1. The van der Waals surface area contributed by atoms with Gasteiger partial charge < -0.3 is 31.5 Å². The number of nitrogens with one attached hydrogen (secondary N) is 3. The Balaban J connectivity index is 5.48. The number of aliphatic hydroxyl groups is 1. The van der Waals surface area contributed by atoms with Crippen molar-refractivity contribution < 1.29 is 29.0 Å². The second-order valence-corrected chi connectivity index (χ2v) is 8.94. The van der Waals surface area contributed by atoms with Gasteiger partial charge in [-0.25, -0.2) is 4.79 Å². The van der Waals surface area contributed by atoms with Crippen molar-refractivity contribution in [2.24, 2.45) is 23.5 Å². The van der Waals surface area contributed by atoms with Crippen molar-refractivity contribution in [3.05, 3.63) is 0 Å². The van der Waals surface area contributed by atoms with Gasteiger partial charge in [0.05, 0.1) is 13.2 Å². The largest absolute Gasteiger partial charge is 0.467 e. The predicted molar refractivity (Wildman–Crippen MR) is 117 cm³/mol. The summed E-state index contributed by atoms with van der Waals surface area (Å²) in [7, 11) is 1.24. The zero-order valence-corrected chi connectivity index (χ0v) is 19.9. The summed E-state index contributed by atoms with van der Waals surface area (Å²) >= 11 is 0. The first-order chi connectivity index (χ1) is 14.2. The van der Waals surface area contributed by atoms with Gasteiger partial charge in [-0.15, -0.1) is 0 Å². The van der Waals surface area contributed by atoms with Crippen molar-refractivity contribution in [2.75, 3.05) is 7.11 Å². The SMILES string of the molecule is COC(=O)[C@@H](NC(=O)[C@@H](NC(=O)[C@H](CC(C)C)NC(=O)[C@@H](N)[C@@H](C)O)C(C)C)C(C)C. The maximum Gasteiger partial charge on any atom is 0.328 e. The standard InChI is InChI=1S/C21H40N4O6/c1-10(2)9-14(23-19(28)15(22)13(7)26)18(27)24-16(11(3)4)20(29)25-17(12(5)6)21(30)31-8/h10-17,26H,9,22H2,1-8H3,(H,23,28)(H,24,27)(H,25,29)/t13-,14+,15+,16+,17+/m1/s1. The number of carbonyl (C=O) groups is 4. The van der Waals surface area contributed by atoms with Gasteiger partial charge in [0.2, 0.25) is 17.7 Å². The number of hydrogen-bond donors (Lipinski definition) is 5. The van der Waals surface area contributed by atoms with E-state index in [0.29, 0.717) is 6.42 Å². The van der Waals surface area contributed by atoms with E-state index in [1.807, 2.05) is 13.8 Å². The molecule has 180 valence electrons. The lowest BCUT2D eigenvalue weighted by molar-refractivity contribution is -0.147. The Morgan fingerprint density at radius 2 is 1.29 bits per heavy atom. The van der Waals surface area contributed by atoms with Gasteiger partial charge in [0.1, 0.15) is 24.2 Å². The van der Waals surface area contributed by atoms with Crippen LogP contribution in [0.2, 0.25) is 0 Å². The van der Waals surface area contributed by atoms with E-state index < -0.39 is 54.0 Å². The lowest BCUT2D eigenvalue weighted by atomic mass is 9.98. The predicted octanol–water partition coefficient (Wildman–Crippen LogP) is -0.320. The van der Waals surface area contributed by atoms with Crippen molar-refractivity contribution in [3.63, 3.8) is 0 Å². The number of aliphatic hydroxyl groups excluding tert-OH is 1. The highest BCUT2D eigenvalue weighted by atomic mass is 16.5. The van der Waals surface area contributed by atoms with Crippen LogP contribution in [-0.2, 0) is 23.9 Å². The van der Waals surface area contributed by atoms with Gasteiger partial charge in [0.25, 0.3) is 0 Å². The van der Waals surface area contributed by atoms with Gasteiger partial charge >= 0.3 is 5.97 Å². The minimum atomic E-state index is -1.18. The van der Waals surface area contributed by atoms with Crippen LogP contribution >= 0.6 is 0 Å². The molecule has 10 heteroatoms. The van der Waals surface area contributed by atoms with Gasteiger partial charge in [0.15, 0.2) is 0 Å². The minimum Gasteiger partial charge on any atom is -0.467 e. The van der Waals surface area contributed by atoms with Crippen molar-refractivity contribution in [1.29, 1.82) is 0 Å². The molecule has 0 unspecified atom stereocenters. The highest BCUT2D eigenvalue weighted by molar-refractivity contribution is 5.94. The Hall–Kier alpha value is -2.20.